The average molecular weight is 490 g/mol. The summed E-state index contributed by atoms with van der Waals surface area (Å²) in [6, 6.07) is 17.5. The van der Waals surface area contributed by atoms with Gasteiger partial charge in [0.25, 0.3) is 11.5 Å². The fourth-order valence-electron chi connectivity index (χ4n) is 4.09. The van der Waals surface area contributed by atoms with E-state index in [1.54, 1.807) is 4.57 Å². The quantitative estimate of drug-likeness (QED) is 0.364. The summed E-state index contributed by atoms with van der Waals surface area (Å²) in [7, 11) is 0. The number of benzene rings is 2. The Morgan fingerprint density at radius 1 is 1.03 bits per heavy atom. The van der Waals surface area contributed by atoms with Gasteiger partial charge in [0.1, 0.15) is 16.0 Å². The Kier molecular flexibility index (Phi) is 8.05. The van der Waals surface area contributed by atoms with Crippen LogP contribution >= 0.6 is 11.5 Å². The largest absolute Gasteiger partial charge is 0.339 e. The van der Waals surface area contributed by atoms with E-state index < -0.39 is 0 Å². The first kappa shape index (κ1) is 24.8. The van der Waals surface area contributed by atoms with Crippen molar-refractivity contribution in [1.82, 2.24) is 18.8 Å². The second kappa shape index (κ2) is 11.4. The second-order valence-electron chi connectivity index (χ2n) is 8.75. The van der Waals surface area contributed by atoms with Gasteiger partial charge in [-0.1, -0.05) is 48.0 Å². The molecule has 182 valence electrons. The molecular weight excluding hydrogens is 458 g/mol. The first-order chi connectivity index (χ1) is 17.0. The van der Waals surface area contributed by atoms with Gasteiger partial charge in [0.15, 0.2) is 0 Å². The number of rotatable bonds is 10. The van der Waals surface area contributed by atoms with Crippen molar-refractivity contribution < 1.29 is 4.79 Å². The van der Waals surface area contributed by atoms with Crippen LogP contribution in [0.5, 0.6) is 0 Å². The Hall–Kier alpha value is -3.36. The minimum atomic E-state index is -0.0600. The average Bonchev–Trinajstić information content (AvgIpc) is 3.24. The molecule has 0 spiro atoms. The number of aromatic nitrogens is 3. The van der Waals surface area contributed by atoms with Gasteiger partial charge >= 0.3 is 0 Å². The van der Waals surface area contributed by atoms with E-state index in [0.29, 0.717) is 54.8 Å². The minimum Gasteiger partial charge on any atom is -0.339 e. The van der Waals surface area contributed by atoms with Gasteiger partial charge in [-0.25, -0.2) is 4.98 Å². The van der Waals surface area contributed by atoms with Gasteiger partial charge in [-0.05, 0) is 62.5 Å². The van der Waals surface area contributed by atoms with Crippen molar-refractivity contribution in [3.05, 3.63) is 93.2 Å². The van der Waals surface area contributed by atoms with E-state index in [1.165, 1.54) is 11.5 Å². The maximum atomic E-state index is 13.3. The smallest absolute Gasteiger partial charge is 0.273 e. The molecule has 0 aliphatic heterocycles. The number of amides is 1. The van der Waals surface area contributed by atoms with Gasteiger partial charge in [0.05, 0.1) is 12.2 Å². The summed E-state index contributed by atoms with van der Waals surface area (Å²) in [4.78, 5) is 33.2. The lowest BCUT2D eigenvalue weighted by molar-refractivity contribution is 0.0752. The Labute approximate surface area is 209 Å². The summed E-state index contributed by atoms with van der Waals surface area (Å²) < 4.78 is 6.69. The third-order valence-electron chi connectivity index (χ3n) is 6.05. The lowest BCUT2D eigenvalue weighted by Crippen LogP contribution is -2.34. The standard InChI is InChI=1S/C27H31N5O2S/c1-19-11-13-22(14-12-19)26(33)31(17-7-15-28)16-6-10-23-29-24-20(2)30-35-25(24)27(34)32(23)18-21-8-4-3-5-9-21/h3-5,8-9,11-14H,6-7,10,15-18,28H2,1-2H3. The molecule has 0 fully saturated rings. The van der Waals surface area contributed by atoms with Crippen molar-refractivity contribution in [3.63, 3.8) is 0 Å². The zero-order valence-electron chi connectivity index (χ0n) is 20.2. The van der Waals surface area contributed by atoms with Crippen LogP contribution in [0.2, 0.25) is 0 Å². The van der Waals surface area contributed by atoms with Crippen LogP contribution in [0.1, 0.15) is 45.8 Å². The summed E-state index contributed by atoms with van der Waals surface area (Å²) in [5.74, 6) is 0.720. The maximum Gasteiger partial charge on any atom is 0.273 e. The van der Waals surface area contributed by atoms with Gasteiger partial charge in [-0.2, -0.15) is 4.37 Å². The number of fused-ring (bicyclic) bond motifs is 1. The minimum absolute atomic E-state index is 0.00131. The maximum absolute atomic E-state index is 13.3. The Balaban J connectivity index is 1.57. The Morgan fingerprint density at radius 2 is 1.74 bits per heavy atom. The number of carbonyl (C=O) groups excluding carboxylic acids is 1. The molecule has 2 heterocycles. The first-order valence-electron chi connectivity index (χ1n) is 11.9. The Morgan fingerprint density at radius 3 is 2.46 bits per heavy atom. The van der Waals surface area contributed by atoms with Crippen LogP contribution in [0.15, 0.2) is 59.4 Å². The van der Waals surface area contributed by atoms with Crippen LogP contribution in [-0.4, -0.2) is 44.4 Å². The highest BCUT2D eigenvalue weighted by molar-refractivity contribution is 7.13. The van der Waals surface area contributed by atoms with Crippen LogP contribution in [0, 0.1) is 13.8 Å². The highest BCUT2D eigenvalue weighted by atomic mass is 32.1. The zero-order chi connectivity index (χ0) is 24.8. The molecule has 7 nitrogen and oxygen atoms in total. The summed E-state index contributed by atoms with van der Waals surface area (Å²) in [5.41, 5.74) is 9.95. The lowest BCUT2D eigenvalue weighted by atomic mass is 10.1. The summed E-state index contributed by atoms with van der Waals surface area (Å²) >= 11 is 1.20. The lowest BCUT2D eigenvalue weighted by Gasteiger charge is -2.23. The van der Waals surface area contributed by atoms with E-state index in [9.17, 15) is 9.59 Å². The zero-order valence-corrected chi connectivity index (χ0v) is 21.1. The monoisotopic (exact) mass is 489 g/mol. The molecule has 2 aromatic carbocycles. The summed E-state index contributed by atoms with van der Waals surface area (Å²) in [6.45, 7) is 6.02. The highest BCUT2D eigenvalue weighted by Crippen LogP contribution is 2.19. The fourth-order valence-corrected chi connectivity index (χ4v) is 4.87. The number of carbonyl (C=O) groups is 1. The van der Waals surface area contributed by atoms with E-state index in [1.807, 2.05) is 73.3 Å². The summed E-state index contributed by atoms with van der Waals surface area (Å²) in [6.07, 6.45) is 2.00. The number of hydrogen-bond acceptors (Lipinski definition) is 6. The molecule has 0 bridgehead atoms. The van der Waals surface area contributed by atoms with E-state index >= 15 is 0 Å². The molecule has 0 atom stereocenters. The van der Waals surface area contributed by atoms with E-state index in [-0.39, 0.29) is 11.5 Å². The van der Waals surface area contributed by atoms with Crippen LogP contribution in [-0.2, 0) is 13.0 Å². The number of hydrogen-bond donors (Lipinski definition) is 1. The molecule has 4 aromatic rings. The van der Waals surface area contributed by atoms with Crippen molar-refractivity contribution >= 4 is 27.7 Å². The molecule has 4 rings (SSSR count). The van der Waals surface area contributed by atoms with E-state index in [0.717, 1.165) is 29.1 Å². The van der Waals surface area contributed by atoms with Crippen LogP contribution in [0.3, 0.4) is 0 Å². The molecule has 0 saturated carbocycles. The van der Waals surface area contributed by atoms with Gasteiger partial charge in [0, 0.05) is 25.1 Å². The van der Waals surface area contributed by atoms with Crippen LogP contribution < -0.4 is 11.3 Å². The van der Waals surface area contributed by atoms with Crippen molar-refractivity contribution in [2.45, 2.75) is 39.7 Å². The Bertz CT molecular complexity index is 1350. The SMILES string of the molecule is Cc1ccc(C(=O)N(CCCN)CCCc2nc3c(C)nsc3c(=O)n2Cc2ccccc2)cc1. The van der Waals surface area contributed by atoms with Gasteiger partial charge in [-0.3, -0.25) is 14.2 Å². The van der Waals surface area contributed by atoms with Crippen molar-refractivity contribution in [1.29, 1.82) is 0 Å². The van der Waals surface area contributed by atoms with Gasteiger partial charge in [-0.15, -0.1) is 0 Å². The van der Waals surface area contributed by atoms with Gasteiger partial charge < -0.3 is 10.6 Å². The fraction of sp³-hybridized carbons (Fsp3) is 0.333. The number of nitrogens with zero attached hydrogens (tertiary/aromatic N) is 4. The second-order valence-corrected chi connectivity index (χ2v) is 9.53. The molecule has 0 radical (unpaired) electrons. The molecule has 1 amide bonds. The predicted molar refractivity (Wildman–Crippen MR) is 141 cm³/mol. The third kappa shape index (κ3) is 5.83. The molecular formula is C27H31N5O2S. The van der Waals surface area contributed by atoms with E-state index in [2.05, 4.69) is 4.37 Å². The molecule has 0 saturated heterocycles. The van der Waals surface area contributed by atoms with Crippen LogP contribution in [0.4, 0.5) is 0 Å². The molecule has 0 aliphatic rings. The van der Waals surface area contributed by atoms with Crippen LogP contribution in [0.25, 0.3) is 10.2 Å². The predicted octanol–water partition coefficient (Wildman–Crippen LogP) is 3.94. The first-order valence-corrected chi connectivity index (χ1v) is 12.7. The molecule has 0 unspecified atom stereocenters. The normalized spacial score (nSPS) is 11.2. The van der Waals surface area contributed by atoms with Crippen molar-refractivity contribution in [3.8, 4) is 0 Å². The molecule has 2 N–H and O–H groups in total. The molecule has 2 aromatic heterocycles. The number of aryl methyl sites for hydroxylation is 3. The van der Waals surface area contributed by atoms with E-state index in [4.69, 9.17) is 10.7 Å². The van der Waals surface area contributed by atoms with Gasteiger partial charge in [0.2, 0.25) is 0 Å². The van der Waals surface area contributed by atoms with Crippen molar-refractivity contribution in [2.24, 2.45) is 5.73 Å². The topological polar surface area (TPSA) is 94.1 Å². The number of nitrogens with two attached hydrogens (primary N) is 1. The van der Waals surface area contributed by atoms with Crippen molar-refractivity contribution in [2.75, 3.05) is 19.6 Å². The molecule has 8 heteroatoms. The summed E-state index contributed by atoms with van der Waals surface area (Å²) in [5, 5.41) is 0. The molecule has 0 aliphatic carbocycles. The molecule has 35 heavy (non-hydrogen) atoms. The third-order valence-corrected chi connectivity index (χ3v) is 6.97. The highest BCUT2D eigenvalue weighted by Gasteiger charge is 2.18.